The minimum atomic E-state index is -0.537. The molecule has 3 saturated heterocycles. The molecular weight excluding hydrogens is 404 g/mol. The summed E-state index contributed by atoms with van der Waals surface area (Å²) in [6, 6.07) is 4.20. The van der Waals surface area contributed by atoms with Crippen LogP contribution < -0.4 is 21.4 Å². The van der Waals surface area contributed by atoms with Gasteiger partial charge in [-0.05, 0) is 44.2 Å². The van der Waals surface area contributed by atoms with E-state index < -0.39 is 5.54 Å². The fourth-order valence-corrected chi connectivity index (χ4v) is 4.66. The summed E-state index contributed by atoms with van der Waals surface area (Å²) in [5.41, 5.74) is 8.99. The first-order valence-electron chi connectivity index (χ1n) is 11.5. The lowest BCUT2D eigenvalue weighted by atomic mass is 9.91. The molecule has 5 rings (SSSR count). The van der Waals surface area contributed by atoms with E-state index >= 15 is 0 Å². The first-order valence-corrected chi connectivity index (χ1v) is 11.5. The third-order valence-corrected chi connectivity index (χ3v) is 6.75. The molecule has 170 valence electrons. The van der Waals surface area contributed by atoms with Crippen molar-refractivity contribution in [2.24, 2.45) is 11.6 Å². The van der Waals surface area contributed by atoms with Crippen molar-refractivity contribution < 1.29 is 4.74 Å². The fraction of sp³-hybridized carbons (Fsp3) is 0.522. The van der Waals surface area contributed by atoms with Crippen LogP contribution >= 0.6 is 0 Å². The van der Waals surface area contributed by atoms with Crippen molar-refractivity contribution in [3.05, 3.63) is 48.3 Å². The van der Waals surface area contributed by atoms with Crippen molar-refractivity contribution in [2.45, 2.75) is 37.6 Å². The van der Waals surface area contributed by atoms with E-state index in [2.05, 4.69) is 26.9 Å². The van der Waals surface area contributed by atoms with Crippen LogP contribution in [0.3, 0.4) is 0 Å². The van der Waals surface area contributed by atoms with Gasteiger partial charge < -0.3 is 20.3 Å². The Hall–Kier alpha value is -2.91. The van der Waals surface area contributed by atoms with Gasteiger partial charge in [0.2, 0.25) is 0 Å². The molecule has 2 aromatic heterocycles. The van der Waals surface area contributed by atoms with Crippen LogP contribution in [-0.4, -0.2) is 59.4 Å². The Kier molecular flexibility index (Phi) is 5.84. The molecule has 0 atom stereocenters. The number of nitrogens with two attached hydrogens (primary N) is 2. The SMILES string of the molecule is N/C(=C\N(N)C1(c2ccc(N3CCCCC3)cn2)COC1)c1cncc(N2CCCC2)n1. The number of hydrogen-bond donors (Lipinski definition) is 2. The van der Waals surface area contributed by atoms with Gasteiger partial charge in [0.05, 0.1) is 48.9 Å². The highest BCUT2D eigenvalue weighted by Crippen LogP contribution is 2.35. The molecule has 9 heteroatoms. The molecule has 0 unspecified atom stereocenters. The van der Waals surface area contributed by atoms with E-state index in [9.17, 15) is 0 Å². The quantitative estimate of drug-likeness (QED) is 0.517. The predicted molar refractivity (Wildman–Crippen MR) is 124 cm³/mol. The number of piperidine rings is 1. The van der Waals surface area contributed by atoms with Gasteiger partial charge in [-0.15, -0.1) is 0 Å². The van der Waals surface area contributed by atoms with Crippen molar-refractivity contribution in [1.29, 1.82) is 0 Å². The van der Waals surface area contributed by atoms with Crippen LogP contribution in [0.25, 0.3) is 5.70 Å². The molecule has 0 saturated carbocycles. The van der Waals surface area contributed by atoms with Crippen molar-refractivity contribution in [3.8, 4) is 0 Å². The van der Waals surface area contributed by atoms with Crippen LogP contribution in [0.2, 0.25) is 0 Å². The van der Waals surface area contributed by atoms with E-state index in [1.54, 1.807) is 23.6 Å². The second kappa shape index (κ2) is 8.91. The summed E-state index contributed by atoms with van der Waals surface area (Å²) in [6.07, 6.45) is 13.3. The Morgan fingerprint density at radius 3 is 2.34 bits per heavy atom. The third kappa shape index (κ3) is 3.98. The van der Waals surface area contributed by atoms with Crippen LogP contribution in [0, 0.1) is 0 Å². The molecule has 3 aliphatic rings. The first kappa shape index (κ1) is 21.0. The van der Waals surface area contributed by atoms with Gasteiger partial charge in [0.25, 0.3) is 0 Å². The molecule has 32 heavy (non-hydrogen) atoms. The highest BCUT2D eigenvalue weighted by molar-refractivity contribution is 5.60. The lowest BCUT2D eigenvalue weighted by Gasteiger charge is -2.46. The Labute approximate surface area is 189 Å². The van der Waals surface area contributed by atoms with Crippen molar-refractivity contribution in [1.82, 2.24) is 20.0 Å². The van der Waals surface area contributed by atoms with Crippen LogP contribution in [0.1, 0.15) is 43.5 Å². The molecule has 0 bridgehead atoms. The average molecular weight is 437 g/mol. The number of aromatic nitrogens is 3. The lowest BCUT2D eigenvalue weighted by molar-refractivity contribution is -0.133. The van der Waals surface area contributed by atoms with Crippen LogP contribution in [0.5, 0.6) is 0 Å². The molecule has 0 spiro atoms. The Morgan fingerprint density at radius 2 is 1.69 bits per heavy atom. The summed E-state index contributed by atoms with van der Waals surface area (Å²) in [6.45, 7) is 5.12. The molecule has 3 fully saturated rings. The molecule has 0 radical (unpaired) electrons. The summed E-state index contributed by atoms with van der Waals surface area (Å²) in [7, 11) is 0. The second-order valence-corrected chi connectivity index (χ2v) is 8.92. The molecule has 4 N–H and O–H groups in total. The van der Waals surface area contributed by atoms with Gasteiger partial charge in [-0.1, -0.05) is 0 Å². The van der Waals surface area contributed by atoms with E-state index in [0.717, 1.165) is 43.4 Å². The third-order valence-electron chi connectivity index (χ3n) is 6.75. The van der Waals surface area contributed by atoms with Crippen molar-refractivity contribution in [2.75, 3.05) is 49.2 Å². The zero-order chi connectivity index (χ0) is 22.0. The standard InChI is InChI=1S/C23H32N8O/c24-19(20-13-26-14-22(28-20)30-10-4-5-11-30)15-31(25)23(16-32-17-23)21-7-6-18(12-27-21)29-8-2-1-3-9-29/h6-7,12-15H,1-5,8-11,16-17,24-25H2/b19-15-. The van der Waals surface area contributed by atoms with Crippen LogP contribution in [0.4, 0.5) is 11.5 Å². The Bertz CT molecular complexity index is 947. The van der Waals surface area contributed by atoms with Crippen LogP contribution in [-0.2, 0) is 10.3 Å². The zero-order valence-electron chi connectivity index (χ0n) is 18.5. The topological polar surface area (TPSA) is 110 Å². The van der Waals surface area contributed by atoms with Crippen LogP contribution in [0.15, 0.2) is 36.9 Å². The maximum Gasteiger partial charge on any atom is 0.147 e. The predicted octanol–water partition coefficient (Wildman–Crippen LogP) is 1.82. The van der Waals surface area contributed by atoms with E-state index in [4.69, 9.17) is 26.3 Å². The fourth-order valence-electron chi connectivity index (χ4n) is 4.66. The maximum absolute atomic E-state index is 6.51. The number of nitrogens with zero attached hydrogens (tertiary/aromatic N) is 6. The molecule has 0 aliphatic carbocycles. The van der Waals surface area contributed by atoms with E-state index in [-0.39, 0.29) is 0 Å². The van der Waals surface area contributed by atoms with E-state index in [0.29, 0.717) is 24.6 Å². The second-order valence-electron chi connectivity index (χ2n) is 8.92. The monoisotopic (exact) mass is 436 g/mol. The van der Waals surface area contributed by atoms with Gasteiger partial charge in [0, 0.05) is 32.4 Å². The summed E-state index contributed by atoms with van der Waals surface area (Å²) < 4.78 is 5.56. The van der Waals surface area contributed by atoms with Gasteiger partial charge >= 0.3 is 0 Å². The van der Waals surface area contributed by atoms with Gasteiger partial charge in [0.1, 0.15) is 17.1 Å². The maximum atomic E-state index is 6.51. The lowest BCUT2D eigenvalue weighted by Crippen LogP contribution is -2.60. The van der Waals surface area contributed by atoms with Crippen molar-refractivity contribution in [3.63, 3.8) is 0 Å². The van der Waals surface area contributed by atoms with Gasteiger partial charge in [0.15, 0.2) is 0 Å². The average Bonchev–Trinajstić information content (AvgIpc) is 3.35. The molecule has 5 heterocycles. The zero-order valence-corrected chi connectivity index (χ0v) is 18.5. The molecule has 2 aromatic rings. The number of rotatable bonds is 6. The largest absolute Gasteiger partial charge is 0.396 e. The molecular formula is C23H32N8O. The number of hydrazine groups is 1. The van der Waals surface area contributed by atoms with Gasteiger partial charge in [-0.25, -0.2) is 10.8 Å². The molecule has 0 amide bonds. The normalized spacial score (nSPS) is 20.8. The van der Waals surface area contributed by atoms with Crippen molar-refractivity contribution >= 4 is 17.2 Å². The smallest absolute Gasteiger partial charge is 0.147 e. The first-order chi connectivity index (χ1) is 15.7. The summed E-state index contributed by atoms with van der Waals surface area (Å²) in [4.78, 5) is 18.4. The number of anilines is 2. The minimum Gasteiger partial charge on any atom is -0.396 e. The molecule has 3 aliphatic heterocycles. The highest BCUT2D eigenvalue weighted by atomic mass is 16.5. The Balaban J connectivity index is 1.34. The summed E-state index contributed by atoms with van der Waals surface area (Å²) in [5.74, 6) is 7.37. The molecule has 0 aromatic carbocycles. The van der Waals surface area contributed by atoms with E-state index in [1.807, 2.05) is 6.20 Å². The Morgan fingerprint density at radius 1 is 0.969 bits per heavy atom. The number of pyridine rings is 1. The number of ether oxygens (including phenoxy) is 1. The molecule has 9 nitrogen and oxygen atoms in total. The van der Waals surface area contributed by atoms with E-state index in [1.165, 1.54) is 32.1 Å². The minimum absolute atomic E-state index is 0.461. The van der Waals surface area contributed by atoms with Gasteiger partial charge in [-0.2, -0.15) is 0 Å². The van der Waals surface area contributed by atoms with Gasteiger partial charge in [-0.3, -0.25) is 15.0 Å². The highest BCUT2D eigenvalue weighted by Gasteiger charge is 2.45. The summed E-state index contributed by atoms with van der Waals surface area (Å²) in [5, 5.41) is 1.62. The summed E-state index contributed by atoms with van der Waals surface area (Å²) >= 11 is 0. The number of hydrogen-bond acceptors (Lipinski definition) is 9.